The molecule has 0 amide bonds. The Labute approximate surface area is 76.7 Å². The summed E-state index contributed by atoms with van der Waals surface area (Å²) in [6, 6.07) is -0.0903. The zero-order valence-electron chi connectivity index (χ0n) is 10.1. The lowest BCUT2D eigenvalue weighted by atomic mass is 9.97. The minimum absolute atomic E-state index is 0.0451. The summed E-state index contributed by atoms with van der Waals surface area (Å²) in [4.78, 5) is 0. The summed E-state index contributed by atoms with van der Waals surface area (Å²) in [6.07, 6.45) is 0.944. The van der Waals surface area contributed by atoms with Gasteiger partial charge in [0.05, 0.1) is 24.2 Å². The van der Waals surface area contributed by atoms with Crippen LogP contribution in [-0.2, 0) is 4.74 Å². The highest BCUT2D eigenvalue weighted by molar-refractivity contribution is 5.07. The van der Waals surface area contributed by atoms with Gasteiger partial charge in [-0.1, -0.05) is 0 Å². The Hall–Kier alpha value is -0.120. The fraction of sp³-hybridized carbons (Fsp3) is 1.00. The average molecular weight is 173 g/mol. The molecule has 3 nitrogen and oxygen atoms in total. The molecule has 0 aromatic heterocycles. The van der Waals surface area contributed by atoms with Crippen LogP contribution in [0.1, 0.15) is 17.0 Å². The number of quaternary nitrogens is 1. The lowest BCUT2D eigenvalue weighted by Crippen LogP contribution is -2.59. The van der Waals surface area contributed by atoms with Gasteiger partial charge in [0.25, 0.3) is 0 Å². The van der Waals surface area contributed by atoms with E-state index in [-0.39, 0.29) is 34.9 Å². The molecule has 0 saturated carbocycles. The summed E-state index contributed by atoms with van der Waals surface area (Å²) < 4.78 is 28.6. The number of ether oxygens (including phenoxy) is 1. The Bertz CT molecular complexity index is 288. The van der Waals surface area contributed by atoms with Crippen LogP contribution in [0.3, 0.4) is 0 Å². The first-order chi connectivity index (χ1) is 6.85. The van der Waals surface area contributed by atoms with E-state index < -0.39 is 6.98 Å². The third kappa shape index (κ3) is 0.679. The van der Waals surface area contributed by atoms with Crippen LogP contribution in [-0.4, -0.2) is 54.0 Å². The monoisotopic (exact) mass is 173 g/mol. The van der Waals surface area contributed by atoms with Crippen LogP contribution in [0.4, 0.5) is 0 Å². The van der Waals surface area contributed by atoms with E-state index in [2.05, 4.69) is 0 Å². The molecule has 0 aromatic rings. The van der Waals surface area contributed by atoms with E-state index in [0.717, 1.165) is 0 Å². The van der Waals surface area contributed by atoms with Crippen molar-refractivity contribution in [2.75, 3.05) is 14.0 Å². The molecule has 4 unspecified atom stereocenters. The molecule has 3 fully saturated rings. The van der Waals surface area contributed by atoms with Crippen LogP contribution < -0.4 is 0 Å². The van der Waals surface area contributed by atoms with Crippen molar-refractivity contribution in [3.8, 4) is 0 Å². The summed E-state index contributed by atoms with van der Waals surface area (Å²) >= 11 is 0. The molecule has 0 aromatic carbocycles. The van der Waals surface area contributed by atoms with E-state index in [1.807, 2.05) is 0 Å². The highest BCUT2D eigenvalue weighted by Gasteiger charge is 2.70. The number of nitrogens with zero attached hydrogens (tertiary/aromatic N) is 1. The van der Waals surface area contributed by atoms with Crippen LogP contribution >= 0.6 is 0 Å². The third-order valence-corrected chi connectivity index (χ3v) is 3.72. The summed E-state index contributed by atoms with van der Waals surface area (Å²) in [5.74, 6) is 0. The minimum Gasteiger partial charge on any atom is -0.393 e. The second kappa shape index (κ2) is 1.86. The molecule has 3 heterocycles. The highest BCUT2D eigenvalue weighted by atomic mass is 16.6. The molecule has 3 rings (SSSR count). The van der Waals surface area contributed by atoms with Gasteiger partial charge in [-0.25, -0.2) is 0 Å². The van der Waals surface area contributed by atoms with Crippen molar-refractivity contribution in [1.82, 2.24) is 0 Å². The Morgan fingerprint density at radius 1 is 1.42 bits per heavy atom. The number of hydrogen-bond acceptors (Lipinski definition) is 2. The largest absolute Gasteiger partial charge is 0.393 e. The van der Waals surface area contributed by atoms with Gasteiger partial charge < -0.3 is 14.3 Å². The van der Waals surface area contributed by atoms with Crippen LogP contribution in [0, 0.1) is 0 Å². The minimum atomic E-state index is -1.99. The fourth-order valence-electron chi connectivity index (χ4n) is 2.97. The van der Waals surface area contributed by atoms with E-state index >= 15 is 0 Å². The third-order valence-electron chi connectivity index (χ3n) is 3.72. The van der Waals surface area contributed by atoms with E-state index in [9.17, 15) is 5.11 Å². The molecule has 3 aliphatic rings. The Morgan fingerprint density at radius 3 is 2.50 bits per heavy atom. The molecule has 3 saturated heterocycles. The Kier molecular flexibility index (Phi) is 0.766. The van der Waals surface area contributed by atoms with Crippen molar-refractivity contribution in [3.63, 3.8) is 0 Å². The lowest BCUT2D eigenvalue weighted by Gasteiger charge is -2.44. The smallest absolute Gasteiger partial charge is 0.142 e. The van der Waals surface area contributed by atoms with Gasteiger partial charge in [-0.3, -0.25) is 0 Å². The standard InChI is InChI=1S/C9H16NO2/c1-10(2)6-3-5(11)4-7(10)9-8(6)12-9/h5-9,11H,3-4H2,1-2H3/q+1/i1D3. The molecule has 4 atom stereocenters. The molecule has 0 spiro atoms. The number of fused-ring (bicyclic) bond motifs is 5. The number of morpholine rings is 1. The number of rotatable bonds is 0. The number of epoxide rings is 1. The SMILES string of the molecule is [2H]C([2H])([2H])[N+]1(C)C2CC(O)CC1C1OC12. The van der Waals surface area contributed by atoms with E-state index in [1.54, 1.807) is 7.05 Å². The number of aliphatic hydroxyl groups is 1. The second-order valence-electron chi connectivity index (χ2n) is 4.47. The molecule has 1 N–H and O–H groups in total. The van der Waals surface area contributed by atoms with E-state index in [1.165, 1.54) is 0 Å². The van der Waals surface area contributed by atoms with Crippen molar-refractivity contribution in [2.45, 2.75) is 43.2 Å². The first-order valence-electron chi connectivity index (χ1n) is 6.05. The van der Waals surface area contributed by atoms with Gasteiger partial charge in [-0.05, 0) is 0 Å². The molecule has 68 valence electrons. The van der Waals surface area contributed by atoms with Crippen LogP contribution in [0.25, 0.3) is 0 Å². The zero-order chi connectivity index (χ0) is 11.0. The van der Waals surface area contributed by atoms with Gasteiger partial charge >= 0.3 is 0 Å². The van der Waals surface area contributed by atoms with Gasteiger partial charge in [0.1, 0.15) is 24.3 Å². The summed E-state index contributed by atoms with van der Waals surface area (Å²) in [6.45, 7) is -1.99. The number of piperidine rings is 1. The molecule has 12 heavy (non-hydrogen) atoms. The molecule has 2 bridgehead atoms. The van der Waals surface area contributed by atoms with Gasteiger partial charge in [-0.15, -0.1) is 0 Å². The van der Waals surface area contributed by atoms with Gasteiger partial charge in [0, 0.05) is 12.8 Å². The normalized spacial score (nSPS) is 72.5. The van der Waals surface area contributed by atoms with Gasteiger partial charge in [0.15, 0.2) is 0 Å². The van der Waals surface area contributed by atoms with Crippen molar-refractivity contribution in [1.29, 1.82) is 0 Å². The Morgan fingerprint density at radius 2 is 2.00 bits per heavy atom. The quantitative estimate of drug-likeness (QED) is 0.404. The zero-order valence-corrected chi connectivity index (χ0v) is 7.10. The summed E-state index contributed by atoms with van der Waals surface area (Å²) in [5, 5.41) is 9.68. The molecule has 3 heteroatoms. The lowest BCUT2D eigenvalue weighted by molar-refractivity contribution is -0.938. The maximum absolute atomic E-state index is 9.68. The summed E-state index contributed by atoms with van der Waals surface area (Å²) in [7, 11) is 1.80. The average Bonchev–Trinajstić information content (AvgIpc) is 2.81. The first-order valence-corrected chi connectivity index (χ1v) is 4.55. The van der Waals surface area contributed by atoms with Crippen molar-refractivity contribution >= 4 is 0 Å². The molecule has 0 aliphatic carbocycles. The number of aliphatic hydroxyl groups excluding tert-OH is 1. The topological polar surface area (TPSA) is 32.8 Å². The molecular weight excluding hydrogens is 154 g/mol. The summed E-state index contributed by atoms with van der Waals surface area (Å²) in [5.41, 5.74) is 0. The van der Waals surface area contributed by atoms with Crippen LogP contribution in [0.5, 0.6) is 0 Å². The molecule has 0 radical (unpaired) electrons. The predicted octanol–water partition coefficient (Wildman–Crippen LogP) is -0.264. The van der Waals surface area contributed by atoms with Gasteiger partial charge in [0.2, 0.25) is 0 Å². The van der Waals surface area contributed by atoms with E-state index in [4.69, 9.17) is 8.85 Å². The predicted molar refractivity (Wildman–Crippen MR) is 43.6 cm³/mol. The number of likely N-dealkylation sites (N-methyl/N-ethyl adjacent to an activating group) is 1. The van der Waals surface area contributed by atoms with Crippen LogP contribution in [0.15, 0.2) is 0 Å². The van der Waals surface area contributed by atoms with Crippen molar-refractivity contribution in [2.24, 2.45) is 0 Å². The fourth-order valence-corrected chi connectivity index (χ4v) is 2.97. The number of hydrogen-bond donors (Lipinski definition) is 1. The Balaban J connectivity index is 1.99. The highest BCUT2D eigenvalue weighted by Crippen LogP contribution is 2.50. The van der Waals surface area contributed by atoms with Crippen LogP contribution in [0.2, 0.25) is 0 Å². The maximum Gasteiger partial charge on any atom is 0.142 e. The second-order valence-corrected chi connectivity index (χ2v) is 4.47. The molecular formula is C9H16NO2+. The molecule has 3 aliphatic heterocycles. The van der Waals surface area contributed by atoms with Crippen molar-refractivity contribution in [3.05, 3.63) is 0 Å². The van der Waals surface area contributed by atoms with E-state index in [0.29, 0.717) is 12.8 Å². The van der Waals surface area contributed by atoms with Gasteiger partial charge in [-0.2, -0.15) is 0 Å². The first kappa shape index (κ1) is 4.94. The van der Waals surface area contributed by atoms with Crippen molar-refractivity contribution < 1.29 is 18.4 Å². The maximum atomic E-state index is 9.68.